The average Bonchev–Trinajstić information content (AvgIpc) is 2.86. The Labute approximate surface area is 155 Å². The van der Waals surface area contributed by atoms with E-state index >= 15 is 0 Å². The Kier molecular flexibility index (Phi) is 6.45. The number of aryl methyl sites for hydroxylation is 2. The molecule has 1 fully saturated rings. The molecule has 5 heteroatoms. The van der Waals surface area contributed by atoms with Gasteiger partial charge >= 0.3 is 0 Å². The molecular weight excluding hydrogens is 326 g/mol. The van der Waals surface area contributed by atoms with Crippen LogP contribution in [0.1, 0.15) is 66.4 Å². The summed E-state index contributed by atoms with van der Waals surface area (Å²) in [6.07, 6.45) is 5.72. The second-order valence-corrected chi connectivity index (χ2v) is 6.96. The summed E-state index contributed by atoms with van der Waals surface area (Å²) < 4.78 is 5.59. The molecule has 0 bridgehead atoms. The summed E-state index contributed by atoms with van der Waals surface area (Å²) in [4.78, 5) is 19.4. The predicted octanol–water partition coefficient (Wildman–Crippen LogP) is 3.89. The van der Waals surface area contributed by atoms with Gasteiger partial charge in [0.05, 0.1) is 11.7 Å². The molecule has 1 aromatic carbocycles. The van der Waals surface area contributed by atoms with Gasteiger partial charge in [0.1, 0.15) is 0 Å². The molecule has 0 unspecified atom stereocenters. The Morgan fingerprint density at radius 3 is 2.50 bits per heavy atom. The zero-order valence-corrected chi connectivity index (χ0v) is 15.8. The number of amides is 1. The van der Waals surface area contributed by atoms with Gasteiger partial charge in [0.25, 0.3) is 5.91 Å². The van der Waals surface area contributed by atoms with E-state index in [1.807, 2.05) is 19.9 Å². The Morgan fingerprint density at radius 1 is 1.19 bits per heavy atom. The number of hydrogen-bond donors (Lipinski definition) is 1. The number of oxazole rings is 1. The average molecular weight is 355 g/mol. The highest BCUT2D eigenvalue weighted by Gasteiger charge is 2.24. The molecule has 0 radical (unpaired) electrons. The number of rotatable bonds is 6. The molecule has 0 saturated carbocycles. The normalized spacial score (nSPS) is 16.8. The quantitative estimate of drug-likeness (QED) is 0.854. The minimum Gasteiger partial charge on any atom is -0.435 e. The topological polar surface area (TPSA) is 58.4 Å². The summed E-state index contributed by atoms with van der Waals surface area (Å²) in [6.45, 7) is 6.52. The van der Waals surface area contributed by atoms with E-state index in [4.69, 9.17) is 4.42 Å². The van der Waals surface area contributed by atoms with Gasteiger partial charge in [-0.3, -0.25) is 9.69 Å². The maximum atomic E-state index is 12.6. The highest BCUT2D eigenvalue weighted by Crippen LogP contribution is 2.24. The number of nitrogens with one attached hydrogen (secondary N) is 1. The van der Waals surface area contributed by atoms with Crippen molar-refractivity contribution < 1.29 is 9.21 Å². The smallest absolute Gasteiger partial charge is 0.289 e. The van der Waals surface area contributed by atoms with Crippen LogP contribution in [0.3, 0.4) is 0 Å². The van der Waals surface area contributed by atoms with Crippen LogP contribution >= 0.6 is 0 Å². The van der Waals surface area contributed by atoms with Crippen LogP contribution in [0.5, 0.6) is 0 Å². The highest BCUT2D eigenvalue weighted by atomic mass is 16.4. The molecule has 5 nitrogen and oxygen atoms in total. The Morgan fingerprint density at radius 2 is 1.88 bits per heavy atom. The van der Waals surface area contributed by atoms with Gasteiger partial charge < -0.3 is 9.73 Å². The third-order valence-corrected chi connectivity index (χ3v) is 5.07. The van der Waals surface area contributed by atoms with Gasteiger partial charge in [-0.1, -0.05) is 50.1 Å². The minimum atomic E-state index is -0.176. The first kappa shape index (κ1) is 18.6. The van der Waals surface area contributed by atoms with Crippen molar-refractivity contribution in [2.45, 2.75) is 52.0 Å². The molecule has 26 heavy (non-hydrogen) atoms. The first-order chi connectivity index (χ1) is 12.7. The van der Waals surface area contributed by atoms with Gasteiger partial charge in [-0.2, -0.15) is 0 Å². The van der Waals surface area contributed by atoms with Crippen LogP contribution in [0.25, 0.3) is 0 Å². The molecule has 140 valence electrons. The van der Waals surface area contributed by atoms with Gasteiger partial charge in [0, 0.05) is 13.0 Å². The molecule has 2 aromatic rings. The van der Waals surface area contributed by atoms with Gasteiger partial charge in [-0.25, -0.2) is 4.98 Å². The molecule has 1 aliphatic heterocycles. The van der Waals surface area contributed by atoms with E-state index in [1.54, 1.807) is 0 Å². The third kappa shape index (κ3) is 4.52. The maximum Gasteiger partial charge on any atom is 0.289 e. The van der Waals surface area contributed by atoms with Crippen LogP contribution in [0.4, 0.5) is 0 Å². The van der Waals surface area contributed by atoms with E-state index in [0.717, 1.165) is 13.1 Å². The molecule has 1 aromatic heterocycles. The monoisotopic (exact) mass is 355 g/mol. The van der Waals surface area contributed by atoms with E-state index in [2.05, 4.69) is 39.5 Å². The van der Waals surface area contributed by atoms with E-state index in [0.29, 0.717) is 30.3 Å². The van der Waals surface area contributed by atoms with Crippen LogP contribution in [0, 0.1) is 6.92 Å². The molecule has 2 heterocycles. The molecular formula is C21H29N3O2. The standard InChI is InChI=1S/C21H29N3O2/c1-3-19-23-16(2)20(26-19)21(25)22-15-18(17-11-7-6-8-12-17)24-13-9-4-5-10-14-24/h6-8,11-12,18H,3-5,9-10,13-15H2,1-2H3,(H,22,25)/t18-/m0/s1. The molecule has 1 aliphatic rings. The van der Waals surface area contributed by atoms with Crippen LogP contribution < -0.4 is 5.32 Å². The first-order valence-corrected chi connectivity index (χ1v) is 9.72. The van der Waals surface area contributed by atoms with Crippen molar-refractivity contribution in [2.24, 2.45) is 0 Å². The zero-order chi connectivity index (χ0) is 18.4. The second kappa shape index (κ2) is 8.99. The van der Waals surface area contributed by atoms with E-state index in [1.165, 1.54) is 31.2 Å². The Balaban J connectivity index is 1.72. The number of aromatic nitrogens is 1. The molecule has 1 amide bonds. The lowest BCUT2D eigenvalue weighted by atomic mass is 10.0. The molecule has 3 rings (SSSR count). The van der Waals surface area contributed by atoms with Gasteiger partial charge in [0.15, 0.2) is 5.89 Å². The van der Waals surface area contributed by atoms with Gasteiger partial charge in [-0.15, -0.1) is 0 Å². The molecule has 0 aliphatic carbocycles. The summed E-state index contributed by atoms with van der Waals surface area (Å²) in [5.41, 5.74) is 1.91. The number of nitrogens with zero attached hydrogens (tertiary/aromatic N) is 2. The van der Waals surface area contributed by atoms with E-state index in [-0.39, 0.29) is 11.9 Å². The minimum absolute atomic E-state index is 0.176. The Hall–Kier alpha value is -2.14. The van der Waals surface area contributed by atoms with Crippen molar-refractivity contribution in [3.8, 4) is 0 Å². The largest absolute Gasteiger partial charge is 0.435 e. The zero-order valence-electron chi connectivity index (χ0n) is 15.8. The van der Waals surface area contributed by atoms with E-state index < -0.39 is 0 Å². The predicted molar refractivity (Wildman–Crippen MR) is 102 cm³/mol. The van der Waals surface area contributed by atoms with Crippen molar-refractivity contribution in [3.05, 3.63) is 53.2 Å². The van der Waals surface area contributed by atoms with Crippen molar-refractivity contribution in [3.63, 3.8) is 0 Å². The number of carbonyl (C=O) groups excluding carboxylic acids is 1. The summed E-state index contributed by atoms with van der Waals surface area (Å²) >= 11 is 0. The van der Waals surface area contributed by atoms with Crippen molar-refractivity contribution in [1.29, 1.82) is 0 Å². The summed E-state index contributed by atoms with van der Waals surface area (Å²) in [5, 5.41) is 3.08. The molecule has 0 spiro atoms. The third-order valence-electron chi connectivity index (χ3n) is 5.07. The first-order valence-electron chi connectivity index (χ1n) is 9.72. The maximum absolute atomic E-state index is 12.6. The summed E-state index contributed by atoms with van der Waals surface area (Å²) in [6, 6.07) is 10.7. The van der Waals surface area contributed by atoms with Crippen LogP contribution in [0.2, 0.25) is 0 Å². The fraction of sp³-hybridized carbons (Fsp3) is 0.524. The van der Waals surface area contributed by atoms with Crippen molar-refractivity contribution in [2.75, 3.05) is 19.6 Å². The Bertz CT molecular complexity index is 703. The fourth-order valence-corrected chi connectivity index (χ4v) is 3.62. The number of likely N-dealkylation sites (tertiary alicyclic amines) is 1. The van der Waals surface area contributed by atoms with Crippen molar-refractivity contribution in [1.82, 2.24) is 15.2 Å². The van der Waals surface area contributed by atoms with Gasteiger partial charge in [-0.05, 0) is 38.4 Å². The lowest BCUT2D eigenvalue weighted by Gasteiger charge is -2.31. The molecule has 1 N–H and O–H groups in total. The summed E-state index contributed by atoms with van der Waals surface area (Å²) in [7, 11) is 0. The number of benzene rings is 1. The van der Waals surface area contributed by atoms with Gasteiger partial charge in [0.2, 0.25) is 5.76 Å². The lowest BCUT2D eigenvalue weighted by molar-refractivity contribution is 0.0903. The highest BCUT2D eigenvalue weighted by molar-refractivity contribution is 5.92. The molecule has 1 atom stereocenters. The van der Waals surface area contributed by atoms with Crippen LogP contribution in [0.15, 0.2) is 34.7 Å². The fourth-order valence-electron chi connectivity index (χ4n) is 3.62. The van der Waals surface area contributed by atoms with Crippen molar-refractivity contribution >= 4 is 5.91 Å². The summed E-state index contributed by atoms with van der Waals surface area (Å²) in [5.74, 6) is 0.773. The SMILES string of the molecule is CCc1nc(C)c(C(=O)NC[C@@H](c2ccccc2)N2CCCCCC2)o1. The van der Waals surface area contributed by atoms with Crippen LogP contribution in [-0.4, -0.2) is 35.4 Å². The number of carbonyl (C=O) groups is 1. The molecule has 1 saturated heterocycles. The van der Waals surface area contributed by atoms with E-state index in [9.17, 15) is 4.79 Å². The second-order valence-electron chi connectivity index (χ2n) is 6.96. The lowest BCUT2D eigenvalue weighted by Crippen LogP contribution is -2.38. The number of hydrogen-bond acceptors (Lipinski definition) is 4. The van der Waals surface area contributed by atoms with Crippen LogP contribution in [-0.2, 0) is 6.42 Å².